The van der Waals surface area contributed by atoms with Crippen LogP contribution in [-0.4, -0.2) is 16.1 Å². The minimum absolute atomic E-state index is 0.386. The Kier molecular flexibility index (Phi) is 5.33. The molecule has 0 amide bonds. The maximum Gasteiger partial charge on any atom is 0.170 e. The van der Waals surface area contributed by atoms with Crippen molar-refractivity contribution in [2.75, 3.05) is 0 Å². The van der Waals surface area contributed by atoms with E-state index in [1.54, 1.807) is 0 Å². The van der Waals surface area contributed by atoms with E-state index >= 15 is 0 Å². The van der Waals surface area contributed by atoms with Gasteiger partial charge in [-0.3, -0.25) is 9.48 Å². The molecule has 1 aliphatic carbocycles. The number of hydrogen-bond acceptors (Lipinski definition) is 3. The Labute approximate surface area is 159 Å². The van der Waals surface area contributed by atoms with Crippen molar-refractivity contribution in [2.24, 2.45) is 0 Å². The van der Waals surface area contributed by atoms with Crippen LogP contribution in [-0.2, 0) is 6.61 Å². The van der Waals surface area contributed by atoms with E-state index in [0.717, 1.165) is 41.7 Å². The molecule has 4 nitrogen and oxygen atoms in total. The summed E-state index contributed by atoms with van der Waals surface area (Å²) in [7, 11) is 0. The summed E-state index contributed by atoms with van der Waals surface area (Å²) in [5.74, 6) is 0.835. The topological polar surface area (TPSA) is 44.1 Å². The molecule has 4 heteroatoms. The first-order valence-electron chi connectivity index (χ1n) is 9.65. The fraction of sp³-hybridized carbons (Fsp3) is 0.304. The molecule has 0 aliphatic heterocycles. The summed E-state index contributed by atoms with van der Waals surface area (Å²) in [6, 6.07) is 20.5. The summed E-state index contributed by atoms with van der Waals surface area (Å²) in [5, 5.41) is 4.54. The number of hydrogen-bond donors (Lipinski definition) is 0. The van der Waals surface area contributed by atoms with Crippen molar-refractivity contribution in [3.8, 4) is 17.0 Å². The van der Waals surface area contributed by atoms with Gasteiger partial charge in [0.05, 0.1) is 11.7 Å². The lowest BCUT2D eigenvalue weighted by Gasteiger charge is -2.24. The molecule has 3 aromatic rings. The molecule has 4 rings (SSSR count). The van der Waals surface area contributed by atoms with Crippen molar-refractivity contribution in [1.82, 2.24) is 9.78 Å². The summed E-state index contributed by atoms with van der Waals surface area (Å²) in [5.41, 5.74) is 3.72. The number of rotatable bonds is 6. The quantitative estimate of drug-likeness (QED) is 0.549. The van der Waals surface area contributed by atoms with Gasteiger partial charge in [-0.15, -0.1) is 0 Å². The molecule has 0 bridgehead atoms. The zero-order valence-corrected chi connectivity index (χ0v) is 15.4. The summed E-state index contributed by atoms with van der Waals surface area (Å²) in [4.78, 5) is 11.3. The summed E-state index contributed by atoms with van der Waals surface area (Å²) in [6.07, 6.45) is 6.84. The molecule has 1 fully saturated rings. The van der Waals surface area contributed by atoms with Crippen molar-refractivity contribution in [1.29, 1.82) is 0 Å². The van der Waals surface area contributed by atoms with Gasteiger partial charge in [-0.25, -0.2) is 0 Å². The molecule has 1 heterocycles. The average molecular weight is 360 g/mol. The molecule has 27 heavy (non-hydrogen) atoms. The predicted octanol–water partition coefficient (Wildman–Crippen LogP) is 5.45. The van der Waals surface area contributed by atoms with Crippen LogP contribution >= 0.6 is 0 Å². The smallest absolute Gasteiger partial charge is 0.170 e. The van der Waals surface area contributed by atoms with Gasteiger partial charge in [0.25, 0.3) is 0 Å². The molecule has 0 spiro atoms. The van der Waals surface area contributed by atoms with Crippen molar-refractivity contribution in [3.05, 3.63) is 71.9 Å². The molecule has 1 aliphatic rings. The maximum atomic E-state index is 11.3. The van der Waals surface area contributed by atoms with Gasteiger partial charge in [0, 0.05) is 5.56 Å². The Hall–Kier alpha value is -2.88. The second kappa shape index (κ2) is 8.21. The first-order chi connectivity index (χ1) is 13.3. The summed E-state index contributed by atoms with van der Waals surface area (Å²) < 4.78 is 7.94. The van der Waals surface area contributed by atoms with Gasteiger partial charge in [-0.2, -0.15) is 5.10 Å². The van der Waals surface area contributed by atoms with Crippen LogP contribution in [0.3, 0.4) is 0 Å². The number of aromatic nitrogens is 2. The van der Waals surface area contributed by atoms with Crippen LogP contribution < -0.4 is 4.74 Å². The number of benzene rings is 2. The third kappa shape index (κ3) is 4.11. The molecular weight excluding hydrogens is 336 g/mol. The third-order valence-corrected chi connectivity index (χ3v) is 5.19. The van der Waals surface area contributed by atoms with E-state index in [1.165, 1.54) is 19.3 Å². The number of aldehydes is 1. The minimum Gasteiger partial charge on any atom is -0.489 e. The second-order valence-corrected chi connectivity index (χ2v) is 7.11. The van der Waals surface area contributed by atoms with Crippen molar-refractivity contribution in [3.63, 3.8) is 0 Å². The SMILES string of the molecule is O=Cc1cc(-c2ccc(OCc3ccccc3)cc2)n(C2CCCCC2)n1. The van der Waals surface area contributed by atoms with Crippen molar-refractivity contribution < 1.29 is 9.53 Å². The largest absolute Gasteiger partial charge is 0.489 e. The van der Waals surface area contributed by atoms with Crippen LogP contribution in [0.15, 0.2) is 60.7 Å². The lowest BCUT2D eigenvalue weighted by molar-refractivity contribution is 0.111. The highest BCUT2D eigenvalue weighted by molar-refractivity contribution is 5.75. The molecular formula is C23H24N2O2. The molecule has 0 saturated heterocycles. The highest BCUT2D eigenvalue weighted by atomic mass is 16.5. The summed E-state index contributed by atoms with van der Waals surface area (Å²) in [6.45, 7) is 0.551. The minimum atomic E-state index is 0.386. The van der Waals surface area contributed by atoms with Gasteiger partial charge in [0.15, 0.2) is 6.29 Å². The van der Waals surface area contributed by atoms with E-state index in [-0.39, 0.29) is 0 Å². The number of nitrogens with zero attached hydrogens (tertiary/aromatic N) is 2. The van der Waals surface area contributed by atoms with E-state index in [1.807, 2.05) is 48.5 Å². The Bertz CT molecular complexity index is 879. The molecule has 0 radical (unpaired) electrons. The number of ether oxygens (including phenoxy) is 1. The first kappa shape index (κ1) is 17.5. The van der Waals surface area contributed by atoms with E-state index in [2.05, 4.69) is 21.9 Å². The van der Waals surface area contributed by atoms with Crippen LogP contribution in [0, 0.1) is 0 Å². The van der Waals surface area contributed by atoms with E-state index in [0.29, 0.717) is 18.3 Å². The van der Waals surface area contributed by atoms with E-state index in [9.17, 15) is 4.79 Å². The number of carbonyl (C=O) groups is 1. The van der Waals surface area contributed by atoms with Crippen LogP contribution in [0.4, 0.5) is 0 Å². The first-order valence-corrected chi connectivity index (χ1v) is 9.65. The molecule has 1 saturated carbocycles. The zero-order chi connectivity index (χ0) is 18.5. The third-order valence-electron chi connectivity index (χ3n) is 5.19. The molecule has 0 N–H and O–H groups in total. The number of carbonyl (C=O) groups excluding carboxylic acids is 1. The predicted molar refractivity (Wildman–Crippen MR) is 106 cm³/mol. The maximum absolute atomic E-state index is 11.3. The van der Waals surface area contributed by atoms with Crippen LogP contribution in [0.25, 0.3) is 11.3 Å². The van der Waals surface area contributed by atoms with Gasteiger partial charge in [-0.05, 0) is 48.7 Å². The van der Waals surface area contributed by atoms with Crippen LogP contribution in [0.5, 0.6) is 5.75 Å². The fourth-order valence-electron chi connectivity index (χ4n) is 3.75. The van der Waals surface area contributed by atoms with Gasteiger partial charge in [-0.1, -0.05) is 49.6 Å². The van der Waals surface area contributed by atoms with E-state index < -0.39 is 0 Å². The Morgan fingerprint density at radius 1 is 1.00 bits per heavy atom. The van der Waals surface area contributed by atoms with E-state index in [4.69, 9.17) is 4.74 Å². The van der Waals surface area contributed by atoms with Gasteiger partial charge in [0.2, 0.25) is 0 Å². The van der Waals surface area contributed by atoms with Gasteiger partial charge < -0.3 is 4.74 Å². The standard InChI is InChI=1S/C23H24N2O2/c26-16-20-15-23(25(24-20)21-9-5-2-6-10-21)19-11-13-22(14-12-19)27-17-18-7-3-1-4-8-18/h1,3-4,7-8,11-16,21H,2,5-6,9-10,17H2. The van der Waals surface area contributed by atoms with Crippen LogP contribution in [0.1, 0.15) is 54.2 Å². The molecule has 0 atom stereocenters. The molecule has 1 aromatic heterocycles. The lowest BCUT2D eigenvalue weighted by Crippen LogP contribution is -2.15. The monoisotopic (exact) mass is 360 g/mol. The van der Waals surface area contributed by atoms with Gasteiger partial charge in [0.1, 0.15) is 18.1 Å². The molecule has 2 aromatic carbocycles. The fourth-order valence-corrected chi connectivity index (χ4v) is 3.75. The van der Waals surface area contributed by atoms with Crippen molar-refractivity contribution >= 4 is 6.29 Å². The average Bonchev–Trinajstić information content (AvgIpc) is 3.19. The molecule has 138 valence electrons. The van der Waals surface area contributed by atoms with Crippen LogP contribution in [0.2, 0.25) is 0 Å². The zero-order valence-electron chi connectivity index (χ0n) is 15.4. The Balaban J connectivity index is 1.53. The Morgan fingerprint density at radius 2 is 1.74 bits per heavy atom. The Morgan fingerprint density at radius 3 is 2.44 bits per heavy atom. The molecule has 0 unspecified atom stereocenters. The van der Waals surface area contributed by atoms with Gasteiger partial charge >= 0.3 is 0 Å². The highest BCUT2D eigenvalue weighted by Crippen LogP contribution is 2.33. The lowest BCUT2D eigenvalue weighted by atomic mass is 9.95. The second-order valence-electron chi connectivity index (χ2n) is 7.11. The van der Waals surface area contributed by atoms with Crippen molar-refractivity contribution in [2.45, 2.75) is 44.8 Å². The summed E-state index contributed by atoms with van der Waals surface area (Å²) >= 11 is 0. The normalized spacial score (nSPS) is 14.8. The highest BCUT2D eigenvalue weighted by Gasteiger charge is 2.20.